The molecule has 0 aliphatic heterocycles. The van der Waals surface area contributed by atoms with E-state index in [1.165, 1.54) is 17.9 Å². The zero-order valence-electron chi connectivity index (χ0n) is 11.7. The predicted octanol–water partition coefficient (Wildman–Crippen LogP) is 1.41. The van der Waals surface area contributed by atoms with Gasteiger partial charge in [-0.15, -0.1) is 0 Å². The molecule has 0 saturated heterocycles. The molecule has 0 amide bonds. The van der Waals surface area contributed by atoms with Crippen LogP contribution in [0.15, 0.2) is 0 Å². The maximum Gasteiger partial charge on any atom is 0.161 e. The summed E-state index contributed by atoms with van der Waals surface area (Å²) >= 11 is 1.32. The first kappa shape index (κ1) is 42.8. The normalized spacial score (nSPS) is 5.29. The van der Waals surface area contributed by atoms with Gasteiger partial charge in [-0.3, -0.25) is 46.9 Å². The molecule has 0 radical (unpaired) electrons. The molecule has 0 aliphatic carbocycles. The van der Waals surface area contributed by atoms with Crippen molar-refractivity contribution in [2.75, 3.05) is 0 Å². The third kappa shape index (κ3) is 892. The molecule has 0 aromatic carbocycles. The van der Waals surface area contributed by atoms with Crippen molar-refractivity contribution < 1.29 is 57.5 Å². The van der Waals surface area contributed by atoms with Gasteiger partial charge in [0.1, 0.15) is 0 Å². The molecule has 0 rings (SSSR count). The van der Waals surface area contributed by atoms with E-state index in [-0.39, 0.29) is 12.3 Å². The molecule has 0 aliphatic rings. The molecule has 21 heavy (non-hydrogen) atoms. The first-order valence-corrected chi connectivity index (χ1v) is 5.82. The van der Waals surface area contributed by atoms with Gasteiger partial charge in [-0.1, -0.05) is 0 Å². The van der Waals surface area contributed by atoms with Gasteiger partial charge in [-0.2, -0.15) is 0 Å². The van der Waals surface area contributed by atoms with Crippen LogP contribution in [0.2, 0.25) is 0 Å². The summed E-state index contributed by atoms with van der Waals surface area (Å²) in [5.41, 5.74) is 0. The molecular formula is C10H20N2O8Zn-6. The van der Waals surface area contributed by atoms with E-state index >= 15 is 0 Å². The van der Waals surface area contributed by atoms with Gasteiger partial charge >= 0.3 is 29.4 Å². The van der Waals surface area contributed by atoms with Crippen LogP contribution in [0.3, 0.4) is 0 Å². The summed E-state index contributed by atoms with van der Waals surface area (Å²) in [5.74, 6) is -4.33. The topological polar surface area (TPSA) is 216 Å². The molecule has 0 aromatic rings. The number of hydrogen-bond donors (Lipinski definition) is 4. The van der Waals surface area contributed by atoms with Crippen molar-refractivity contribution in [1.82, 2.24) is 0 Å². The van der Waals surface area contributed by atoms with Crippen molar-refractivity contribution in [2.24, 2.45) is 0 Å². The van der Waals surface area contributed by atoms with Crippen molar-refractivity contribution in [3.05, 3.63) is 40.0 Å². The fourth-order valence-corrected chi connectivity index (χ4v) is 0. The fraction of sp³-hybridized carbons (Fsp3) is 0.100. The molecule has 0 atom stereocenters. The van der Waals surface area contributed by atoms with Crippen LogP contribution >= 0.6 is 0 Å². The number of carbonyl (C=O) groups is 4. The first-order valence-electron chi connectivity index (χ1n) is 4.11. The number of aliphatic carboxylic acids is 4. The molecule has 11 heteroatoms. The number of rotatable bonds is 0. The smallest absolute Gasteiger partial charge is 0.161 e. The molecule has 0 bridgehead atoms. The third-order valence-electron chi connectivity index (χ3n) is 0. The van der Waals surface area contributed by atoms with Crippen molar-refractivity contribution in [1.29, 1.82) is 0 Å². The Morgan fingerprint density at radius 3 is 0.714 bits per heavy atom. The van der Waals surface area contributed by atoms with Gasteiger partial charge in [0, 0.05) is 0 Å². The summed E-state index contributed by atoms with van der Waals surface area (Å²) in [4.78, 5) is 35.6. The summed E-state index contributed by atoms with van der Waals surface area (Å²) < 4.78 is 2.12. The van der Waals surface area contributed by atoms with Gasteiger partial charge in [-0.25, -0.2) is 0 Å². The van der Waals surface area contributed by atoms with E-state index in [1.807, 2.05) is 0 Å². The number of nitrogens with two attached hydrogens (primary N) is 2. The molecule has 0 heterocycles. The largest absolute Gasteiger partial charge is 0.693 e. The van der Waals surface area contributed by atoms with Crippen molar-refractivity contribution in [2.45, 2.75) is 6.92 Å². The fourth-order valence-electron chi connectivity index (χ4n) is 0. The minimum Gasteiger partial charge on any atom is -0.693 e. The van der Waals surface area contributed by atoms with E-state index in [1.54, 1.807) is 0 Å². The first-order chi connectivity index (χ1) is 8.34. The number of carboxylic acid groups (broad SMARTS) is 4. The van der Waals surface area contributed by atoms with E-state index < -0.39 is 23.9 Å². The van der Waals surface area contributed by atoms with E-state index in [0.717, 1.165) is 0 Å². The monoisotopic (exact) mass is 360 g/mol. The van der Waals surface area contributed by atoms with Gasteiger partial charge in [0.15, 0.2) is 23.9 Å². The molecule has 0 aromatic heterocycles. The Bertz CT molecular complexity index is 208. The maximum atomic E-state index is 8.89. The van der Waals surface area contributed by atoms with Crippen LogP contribution in [0, 0.1) is 27.7 Å². The summed E-state index contributed by atoms with van der Waals surface area (Å²) in [6.07, 6.45) is 0. The summed E-state index contributed by atoms with van der Waals surface area (Å²) in [5, 5.41) is 29.2. The van der Waals surface area contributed by atoms with Gasteiger partial charge < -0.3 is 32.7 Å². The minimum atomic E-state index is -1.08. The molecule has 0 spiro atoms. The Labute approximate surface area is 133 Å². The Hall–Kier alpha value is -2.23. The zero-order chi connectivity index (χ0) is 17.0. The van der Waals surface area contributed by atoms with Crippen molar-refractivity contribution >= 4 is 28.5 Å². The third-order valence-corrected chi connectivity index (χ3v) is 0. The summed E-state index contributed by atoms with van der Waals surface area (Å²) in [6, 6.07) is 0. The van der Waals surface area contributed by atoms with Crippen molar-refractivity contribution in [3.8, 4) is 0 Å². The van der Waals surface area contributed by atoms with Crippen LogP contribution in [-0.4, -0.2) is 48.9 Å². The van der Waals surface area contributed by atoms with Crippen LogP contribution in [0.25, 0.3) is 12.3 Å². The second-order valence-electron chi connectivity index (χ2n) is 1.98. The van der Waals surface area contributed by atoms with Gasteiger partial charge in [0.25, 0.3) is 0 Å². The molecule has 0 unspecified atom stereocenters. The van der Waals surface area contributed by atoms with Crippen LogP contribution in [0.1, 0.15) is 6.92 Å². The Kier molecular flexibility index (Phi) is 87.8. The molecule has 0 saturated carbocycles. The van der Waals surface area contributed by atoms with Crippen LogP contribution in [0.4, 0.5) is 0 Å². The minimum absolute atomic E-state index is 0. The molecular weight excluding hydrogens is 342 g/mol. The predicted molar refractivity (Wildman–Crippen MR) is 74.3 cm³/mol. The quantitative estimate of drug-likeness (QED) is 0.364. The molecule has 126 valence electrons. The van der Waals surface area contributed by atoms with Gasteiger partial charge in [0.2, 0.25) is 0 Å². The zero-order valence-corrected chi connectivity index (χ0v) is 14.7. The van der Waals surface area contributed by atoms with Gasteiger partial charge in [-0.05, 0) is 0 Å². The summed E-state index contributed by atoms with van der Waals surface area (Å²) in [7, 11) is 0. The second-order valence-corrected chi connectivity index (χ2v) is 3.70. The van der Waals surface area contributed by atoms with Crippen LogP contribution in [0.5, 0.6) is 0 Å². The van der Waals surface area contributed by atoms with E-state index in [4.69, 9.17) is 39.6 Å². The molecule has 10 nitrogen and oxygen atoms in total. The number of hydrogen-bond acceptors (Lipinski definition) is 4. The molecule has 0 fully saturated rings. The Morgan fingerprint density at radius 1 is 0.714 bits per heavy atom. The average Bonchev–Trinajstić information content (AvgIpc) is 1.97. The standard InChI is InChI=1S/4C2H3O2.C2H4.2H2N.Zn/c4*1-2(3)4;1-2;;;/h4*1H2,(H,3,4);1H,2H3;2*1H2;/q4*-1;;2*-1;. The Morgan fingerprint density at radius 2 is 0.714 bits per heavy atom. The van der Waals surface area contributed by atoms with E-state index in [2.05, 4.69) is 39.2 Å². The van der Waals surface area contributed by atoms with E-state index in [0.29, 0.717) is 0 Å². The summed E-state index contributed by atoms with van der Waals surface area (Å²) in [6.45, 7) is 12.3. The van der Waals surface area contributed by atoms with Gasteiger partial charge in [0.05, 0.1) is 0 Å². The molecule has 8 N–H and O–H groups in total. The maximum absolute atomic E-state index is 8.89. The Balaban J connectivity index is -0.0000000229. The van der Waals surface area contributed by atoms with E-state index in [9.17, 15) is 0 Å². The SMILES string of the molecule is C[CH]=[Zn].[CH2-]C(=O)O.[CH2-]C(=O)O.[CH2-]C(=O)O.[CH2-]C(=O)O.[NH2-].[NH2-]. The average molecular weight is 362 g/mol. The van der Waals surface area contributed by atoms with Crippen LogP contribution in [-0.2, 0) is 37.0 Å². The second kappa shape index (κ2) is 43.1. The van der Waals surface area contributed by atoms with Crippen LogP contribution < -0.4 is 0 Å². The van der Waals surface area contributed by atoms with Crippen molar-refractivity contribution in [3.63, 3.8) is 0 Å². The number of carboxylic acids is 4.